The molecule has 0 atom stereocenters. The van der Waals surface area contributed by atoms with Gasteiger partial charge in [0.05, 0.1) is 24.4 Å². The molecular formula is C28H34N4O2. The van der Waals surface area contributed by atoms with Gasteiger partial charge < -0.3 is 20.3 Å². The number of carbonyl (C=O) groups is 1. The molecule has 2 heterocycles. The number of rotatable bonds is 7. The summed E-state index contributed by atoms with van der Waals surface area (Å²) in [7, 11) is 0. The van der Waals surface area contributed by atoms with Crippen LogP contribution in [-0.4, -0.2) is 55.2 Å². The van der Waals surface area contributed by atoms with Gasteiger partial charge in [-0.1, -0.05) is 25.1 Å². The number of benzene rings is 2. The van der Waals surface area contributed by atoms with Crippen LogP contribution in [-0.2, 0) is 4.74 Å². The van der Waals surface area contributed by atoms with E-state index < -0.39 is 0 Å². The largest absolute Gasteiger partial charge is 0.382 e. The van der Waals surface area contributed by atoms with Crippen molar-refractivity contribution in [3.05, 3.63) is 53.6 Å². The van der Waals surface area contributed by atoms with Crippen LogP contribution in [0.4, 0.5) is 11.5 Å². The van der Waals surface area contributed by atoms with Crippen LogP contribution in [0, 0.1) is 12.8 Å². The molecule has 1 amide bonds. The first kappa shape index (κ1) is 22.7. The number of anilines is 2. The predicted octanol–water partition coefficient (Wildman–Crippen LogP) is 4.89. The van der Waals surface area contributed by atoms with E-state index in [0.29, 0.717) is 24.9 Å². The zero-order valence-corrected chi connectivity index (χ0v) is 20.2. The Bertz CT molecular complexity index is 1200. The van der Waals surface area contributed by atoms with Gasteiger partial charge in [0.1, 0.15) is 5.82 Å². The van der Waals surface area contributed by atoms with Crippen LogP contribution in [0.25, 0.3) is 22.0 Å². The molecule has 2 fully saturated rings. The minimum absolute atomic E-state index is 0.136. The first-order valence-electron chi connectivity index (χ1n) is 12.5. The number of ether oxygens (including phenoxy) is 1. The quantitative estimate of drug-likeness (QED) is 0.546. The van der Waals surface area contributed by atoms with Crippen LogP contribution in [0.1, 0.15) is 42.1 Å². The van der Waals surface area contributed by atoms with Crippen LogP contribution < -0.4 is 10.6 Å². The van der Waals surface area contributed by atoms with Gasteiger partial charge in [-0.15, -0.1) is 0 Å². The summed E-state index contributed by atoms with van der Waals surface area (Å²) in [4.78, 5) is 22.7. The third-order valence-electron chi connectivity index (χ3n) is 6.92. The van der Waals surface area contributed by atoms with Gasteiger partial charge in [-0.2, -0.15) is 0 Å². The van der Waals surface area contributed by atoms with Crippen molar-refractivity contribution >= 4 is 28.3 Å². The topological polar surface area (TPSA) is 71.7 Å². The maximum Gasteiger partial charge on any atom is 0.254 e. The van der Waals surface area contributed by atoms with Gasteiger partial charge in [0.25, 0.3) is 5.91 Å². The molecule has 0 unspecified atom stereocenters. The summed E-state index contributed by atoms with van der Waals surface area (Å²) in [5.74, 6) is 1.35. The number of fused-ring (bicyclic) bond motifs is 1. The second-order valence-electron chi connectivity index (χ2n) is 9.59. The summed E-state index contributed by atoms with van der Waals surface area (Å²) in [6.07, 6.45) is 3.44. The van der Waals surface area contributed by atoms with Crippen LogP contribution in [0.3, 0.4) is 0 Å². The fourth-order valence-electron chi connectivity index (χ4n) is 4.95. The highest BCUT2D eigenvalue weighted by molar-refractivity contribution is 6.03. The second kappa shape index (κ2) is 9.63. The lowest BCUT2D eigenvalue weighted by atomic mass is 9.93. The first-order valence-corrected chi connectivity index (χ1v) is 12.5. The Morgan fingerprint density at radius 2 is 1.97 bits per heavy atom. The number of hydrogen-bond donors (Lipinski definition) is 1. The number of nitrogen functional groups attached to an aromatic ring is 1. The highest BCUT2D eigenvalue weighted by atomic mass is 16.5. The van der Waals surface area contributed by atoms with Crippen LogP contribution >= 0.6 is 0 Å². The van der Waals surface area contributed by atoms with E-state index in [1.54, 1.807) is 0 Å². The maximum absolute atomic E-state index is 13.7. The van der Waals surface area contributed by atoms with Crippen LogP contribution in [0.5, 0.6) is 0 Å². The molecule has 2 N–H and O–H groups in total. The highest BCUT2D eigenvalue weighted by Crippen LogP contribution is 2.35. The van der Waals surface area contributed by atoms with Gasteiger partial charge in [-0.25, -0.2) is 4.98 Å². The Balaban J connectivity index is 1.55. The maximum atomic E-state index is 13.7. The molecule has 1 saturated carbocycles. The van der Waals surface area contributed by atoms with Crippen molar-refractivity contribution in [2.45, 2.75) is 33.1 Å². The summed E-state index contributed by atoms with van der Waals surface area (Å²) >= 11 is 0. The zero-order valence-electron chi connectivity index (χ0n) is 20.2. The number of nitrogens with two attached hydrogens (primary N) is 1. The predicted molar refractivity (Wildman–Crippen MR) is 138 cm³/mol. The van der Waals surface area contributed by atoms with E-state index in [9.17, 15) is 4.79 Å². The number of carbonyl (C=O) groups excluding carboxylic acids is 1. The molecule has 0 spiro atoms. The molecule has 6 nitrogen and oxygen atoms in total. The fourth-order valence-corrected chi connectivity index (χ4v) is 4.95. The van der Waals surface area contributed by atoms with Crippen molar-refractivity contribution in [3.63, 3.8) is 0 Å². The summed E-state index contributed by atoms with van der Waals surface area (Å²) in [6, 6.07) is 14.4. The molecule has 3 aromatic rings. The molecule has 2 aromatic carbocycles. The minimum atomic E-state index is 0.136. The van der Waals surface area contributed by atoms with Crippen LogP contribution in [0.15, 0.2) is 42.5 Å². The molecule has 34 heavy (non-hydrogen) atoms. The van der Waals surface area contributed by atoms with E-state index in [0.717, 1.165) is 71.4 Å². The molecule has 1 saturated heterocycles. The van der Waals surface area contributed by atoms with Crippen molar-refractivity contribution < 1.29 is 9.53 Å². The molecule has 1 aliphatic carbocycles. The highest BCUT2D eigenvalue weighted by Gasteiger charge is 2.28. The van der Waals surface area contributed by atoms with E-state index in [1.165, 1.54) is 12.8 Å². The Kier molecular flexibility index (Phi) is 6.42. The van der Waals surface area contributed by atoms with Gasteiger partial charge in [-0.3, -0.25) is 4.79 Å². The molecule has 1 aromatic heterocycles. The number of aryl methyl sites for hydroxylation is 1. The van der Waals surface area contributed by atoms with Crippen molar-refractivity contribution in [1.29, 1.82) is 0 Å². The van der Waals surface area contributed by atoms with Gasteiger partial charge in [0, 0.05) is 37.1 Å². The molecule has 0 bridgehead atoms. The summed E-state index contributed by atoms with van der Waals surface area (Å²) in [5, 5.41) is 1.03. The summed E-state index contributed by atoms with van der Waals surface area (Å²) in [5.41, 5.74) is 12.1. The van der Waals surface area contributed by atoms with Gasteiger partial charge in [-0.05, 0) is 73.1 Å². The smallest absolute Gasteiger partial charge is 0.254 e. The monoisotopic (exact) mass is 458 g/mol. The van der Waals surface area contributed by atoms with Crippen molar-refractivity contribution in [3.8, 4) is 11.1 Å². The Hall–Kier alpha value is -3.12. The molecule has 2 aliphatic rings. The number of morpholine rings is 1. The standard InChI is InChI=1S/C28H34N4O2/c1-3-11-32(18-20-7-8-20)28(33)23-6-4-5-19(2)26(23)21-9-10-24-22(16-21)17-25(27(29)30-24)31-12-14-34-15-13-31/h4-6,9-10,16-17,20H,3,7-8,11-15,18H2,1-2H3,(H2,29,30). The number of pyridine rings is 1. The van der Waals surface area contributed by atoms with E-state index in [2.05, 4.69) is 52.9 Å². The lowest BCUT2D eigenvalue weighted by molar-refractivity contribution is 0.0748. The molecule has 0 radical (unpaired) electrons. The summed E-state index contributed by atoms with van der Waals surface area (Å²) in [6.45, 7) is 8.89. The molecule has 5 rings (SSSR count). The second-order valence-corrected chi connectivity index (χ2v) is 9.59. The Morgan fingerprint density at radius 3 is 2.71 bits per heavy atom. The van der Waals surface area contributed by atoms with Crippen molar-refractivity contribution in [2.75, 3.05) is 50.0 Å². The number of nitrogens with zero attached hydrogens (tertiary/aromatic N) is 3. The molecule has 178 valence electrons. The average molecular weight is 459 g/mol. The van der Waals surface area contributed by atoms with E-state index in [4.69, 9.17) is 10.5 Å². The van der Waals surface area contributed by atoms with Gasteiger partial charge in [0.2, 0.25) is 0 Å². The van der Waals surface area contributed by atoms with Crippen LogP contribution in [0.2, 0.25) is 0 Å². The number of aromatic nitrogens is 1. The number of amides is 1. The molecular weight excluding hydrogens is 424 g/mol. The molecule has 1 aliphatic heterocycles. The lowest BCUT2D eigenvalue weighted by Crippen LogP contribution is -2.36. The average Bonchev–Trinajstić information content (AvgIpc) is 3.67. The fraction of sp³-hybridized carbons (Fsp3) is 0.429. The lowest BCUT2D eigenvalue weighted by Gasteiger charge is -2.29. The van der Waals surface area contributed by atoms with Crippen molar-refractivity contribution in [1.82, 2.24) is 9.88 Å². The third-order valence-corrected chi connectivity index (χ3v) is 6.92. The normalized spacial score (nSPS) is 16.1. The minimum Gasteiger partial charge on any atom is -0.382 e. The van der Waals surface area contributed by atoms with E-state index >= 15 is 0 Å². The SMILES string of the molecule is CCCN(CC1CC1)C(=O)c1cccc(C)c1-c1ccc2nc(N)c(N3CCOCC3)cc2c1. The van der Waals surface area contributed by atoms with Gasteiger partial charge in [0.15, 0.2) is 0 Å². The van der Waals surface area contributed by atoms with E-state index in [1.807, 2.05) is 18.2 Å². The number of hydrogen-bond acceptors (Lipinski definition) is 5. The van der Waals surface area contributed by atoms with E-state index in [-0.39, 0.29) is 5.91 Å². The summed E-state index contributed by atoms with van der Waals surface area (Å²) < 4.78 is 5.50. The van der Waals surface area contributed by atoms with Crippen molar-refractivity contribution in [2.24, 2.45) is 5.92 Å². The Morgan fingerprint density at radius 1 is 1.18 bits per heavy atom. The third kappa shape index (κ3) is 4.60. The first-order chi connectivity index (χ1) is 16.5. The zero-order chi connectivity index (χ0) is 23.7. The molecule has 6 heteroatoms. The Labute approximate surface area is 201 Å². The van der Waals surface area contributed by atoms with Gasteiger partial charge >= 0.3 is 0 Å².